The molecular formula is C24H20ClFN3O. The first-order valence-electron chi connectivity index (χ1n) is 9.40. The average Bonchev–Trinajstić information content (AvgIpc) is 2.72. The molecule has 4 rings (SSSR count). The number of aromatic nitrogens is 1. The Balaban J connectivity index is 1.70. The average molecular weight is 421 g/mol. The summed E-state index contributed by atoms with van der Waals surface area (Å²) >= 11 is 5.95. The third-order valence-corrected chi connectivity index (χ3v) is 5.04. The van der Waals surface area contributed by atoms with Gasteiger partial charge in [-0.1, -0.05) is 29.8 Å². The Labute approximate surface area is 179 Å². The van der Waals surface area contributed by atoms with Crippen molar-refractivity contribution >= 4 is 33.9 Å². The number of nitrogens with zero attached hydrogens (tertiary/aromatic N) is 2. The summed E-state index contributed by atoms with van der Waals surface area (Å²) in [6.45, 7) is 0.875. The summed E-state index contributed by atoms with van der Waals surface area (Å²) in [5.41, 5.74) is 5.05. The van der Waals surface area contributed by atoms with Gasteiger partial charge < -0.3 is 15.3 Å². The second-order valence-corrected chi connectivity index (χ2v) is 7.76. The zero-order chi connectivity index (χ0) is 21.3. The molecule has 0 bridgehead atoms. The van der Waals surface area contributed by atoms with Crippen LogP contribution in [-0.4, -0.2) is 29.1 Å². The first-order valence-corrected chi connectivity index (χ1v) is 9.78. The van der Waals surface area contributed by atoms with Gasteiger partial charge in [-0.2, -0.15) is 0 Å². The molecule has 30 heavy (non-hydrogen) atoms. The number of phenols is 1. The Morgan fingerprint density at radius 2 is 1.83 bits per heavy atom. The number of benzene rings is 3. The Morgan fingerprint density at radius 1 is 1.07 bits per heavy atom. The van der Waals surface area contributed by atoms with E-state index in [-0.39, 0.29) is 5.02 Å². The summed E-state index contributed by atoms with van der Waals surface area (Å²) in [4.78, 5) is 6.49. The fourth-order valence-electron chi connectivity index (χ4n) is 3.31. The number of hydrogen-bond acceptors (Lipinski definition) is 4. The van der Waals surface area contributed by atoms with Crippen LogP contribution in [0.1, 0.15) is 5.56 Å². The minimum Gasteiger partial charge on any atom is -0.504 e. The van der Waals surface area contributed by atoms with Crippen molar-refractivity contribution in [2.75, 3.05) is 19.4 Å². The van der Waals surface area contributed by atoms with Crippen LogP contribution in [0.25, 0.3) is 22.0 Å². The lowest BCUT2D eigenvalue weighted by atomic mass is 10.0. The standard InChI is InChI=1S/C24H20ClFN3O/c1-29(2)14-15-3-6-18(7-4-15)28-23-9-10-27-22-8-5-16(11-19(22)23)17-12-20(25)24(30)21(26)13-17/h3-8,10-13,30H,14H2,1-2H3,(H,27,28). The molecule has 0 atom stereocenters. The molecule has 0 saturated heterocycles. The predicted octanol–water partition coefficient (Wildman–Crippen LogP) is 6.01. The molecule has 2 N–H and O–H groups in total. The molecule has 1 radical (unpaired) electrons. The minimum atomic E-state index is -0.758. The Bertz CT molecular complexity index is 1190. The molecule has 1 aromatic heterocycles. The fourth-order valence-corrected chi connectivity index (χ4v) is 3.52. The molecule has 3 aromatic carbocycles. The predicted molar refractivity (Wildman–Crippen MR) is 120 cm³/mol. The first-order chi connectivity index (χ1) is 14.4. The highest BCUT2D eigenvalue weighted by Crippen LogP contribution is 2.34. The van der Waals surface area contributed by atoms with E-state index in [0.717, 1.165) is 34.4 Å². The van der Waals surface area contributed by atoms with Crippen LogP contribution in [0.15, 0.2) is 60.8 Å². The zero-order valence-electron chi connectivity index (χ0n) is 16.6. The molecular weight excluding hydrogens is 401 g/mol. The molecule has 0 aliphatic heterocycles. The van der Waals surface area contributed by atoms with Gasteiger partial charge in [0.2, 0.25) is 0 Å². The molecule has 4 aromatic rings. The number of hydrogen-bond donors (Lipinski definition) is 2. The van der Waals surface area contributed by atoms with Crippen LogP contribution < -0.4 is 5.32 Å². The van der Waals surface area contributed by atoms with Crippen molar-refractivity contribution in [1.29, 1.82) is 0 Å². The summed E-state index contributed by atoms with van der Waals surface area (Å²) in [6.07, 6.45) is 1.63. The monoisotopic (exact) mass is 420 g/mol. The van der Waals surface area contributed by atoms with Crippen LogP contribution in [0.5, 0.6) is 5.75 Å². The lowest BCUT2D eigenvalue weighted by molar-refractivity contribution is 0.402. The third-order valence-electron chi connectivity index (χ3n) is 4.75. The van der Waals surface area contributed by atoms with Crippen molar-refractivity contribution < 1.29 is 9.50 Å². The van der Waals surface area contributed by atoms with E-state index < -0.39 is 11.6 Å². The number of aromatic hydroxyl groups is 1. The lowest BCUT2D eigenvalue weighted by Gasteiger charge is -2.13. The summed E-state index contributed by atoms with van der Waals surface area (Å²) in [6, 6.07) is 19.8. The summed E-state index contributed by atoms with van der Waals surface area (Å²) in [5.74, 6) is -1.30. The molecule has 4 nitrogen and oxygen atoms in total. The van der Waals surface area contributed by atoms with E-state index in [9.17, 15) is 9.50 Å². The largest absolute Gasteiger partial charge is 0.504 e. The van der Waals surface area contributed by atoms with Gasteiger partial charge in [0.1, 0.15) is 0 Å². The topological polar surface area (TPSA) is 48.4 Å². The second kappa shape index (κ2) is 8.30. The van der Waals surface area contributed by atoms with Gasteiger partial charge in [0.15, 0.2) is 11.6 Å². The van der Waals surface area contributed by atoms with E-state index in [1.54, 1.807) is 6.20 Å². The third kappa shape index (κ3) is 4.22. The van der Waals surface area contributed by atoms with Crippen molar-refractivity contribution in [3.05, 3.63) is 83.3 Å². The van der Waals surface area contributed by atoms with Gasteiger partial charge in [-0.3, -0.25) is 4.98 Å². The second-order valence-electron chi connectivity index (χ2n) is 7.36. The van der Waals surface area contributed by atoms with E-state index in [4.69, 9.17) is 11.6 Å². The van der Waals surface area contributed by atoms with E-state index >= 15 is 0 Å². The van der Waals surface area contributed by atoms with E-state index in [2.05, 4.69) is 33.4 Å². The quantitative estimate of drug-likeness (QED) is 0.415. The minimum absolute atomic E-state index is 0.0287. The highest BCUT2D eigenvalue weighted by Gasteiger charge is 2.11. The molecule has 0 amide bonds. The maximum absolute atomic E-state index is 13.9. The molecule has 0 aliphatic carbocycles. The first kappa shape index (κ1) is 20.1. The van der Waals surface area contributed by atoms with Crippen molar-refractivity contribution in [2.45, 2.75) is 6.54 Å². The Morgan fingerprint density at radius 3 is 2.53 bits per heavy atom. The van der Waals surface area contributed by atoms with Crippen molar-refractivity contribution in [3.8, 4) is 16.9 Å². The van der Waals surface area contributed by atoms with Gasteiger partial charge in [0, 0.05) is 29.9 Å². The number of pyridine rings is 1. The fraction of sp³-hybridized carbons (Fsp3) is 0.125. The van der Waals surface area contributed by atoms with Gasteiger partial charge in [-0.25, -0.2) is 4.39 Å². The molecule has 151 valence electrons. The van der Waals surface area contributed by atoms with Gasteiger partial charge in [-0.15, -0.1) is 0 Å². The van der Waals surface area contributed by atoms with Gasteiger partial charge in [-0.05, 0) is 67.2 Å². The molecule has 0 aliphatic rings. The van der Waals surface area contributed by atoms with Crippen LogP contribution in [0.4, 0.5) is 15.8 Å². The Kier molecular flexibility index (Phi) is 5.57. The Hall–Kier alpha value is -3.15. The maximum atomic E-state index is 13.9. The SMILES string of the molecule is CN(C)Cc1ccc(Nc2[c]cnc3ccc(-c4cc(F)c(O)c(Cl)c4)cc23)cc1. The lowest BCUT2D eigenvalue weighted by Crippen LogP contribution is -2.10. The van der Waals surface area contributed by atoms with Gasteiger partial charge in [0.05, 0.1) is 16.2 Å². The maximum Gasteiger partial charge on any atom is 0.170 e. The van der Waals surface area contributed by atoms with Crippen LogP contribution in [-0.2, 0) is 6.54 Å². The number of fused-ring (bicyclic) bond motifs is 1. The van der Waals surface area contributed by atoms with Crippen molar-refractivity contribution in [3.63, 3.8) is 0 Å². The summed E-state index contributed by atoms with van der Waals surface area (Å²) in [7, 11) is 4.07. The van der Waals surface area contributed by atoms with E-state index in [1.165, 1.54) is 17.7 Å². The molecule has 1 heterocycles. The van der Waals surface area contributed by atoms with Gasteiger partial charge in [0.25, 0.3) is 0 Å². The van der Waals surface area contributed by atoms with E-state index in [0.29, 0.717) is 5.56 Å². The number of nitrogens with one attached hydrogen (secondary N) is 1. The molecule has 0 unspecified atom stereocenters. The number of rotatable bonds is 5. The zero-order valence-corrected chi connectivity index (χ0v) is 17.3. The smallest absolute Gasteiger partial charge is 0.170 e. The van der Waals surface area contributed by atoms with Crippen LogP contribution >= 0.6 is 11.6 Å². The van der Waals surface area contributed by atoms with Gasteiger partial charge >= 0.3 is 0 Å². The molecule has 0 saturated carbocycles. The number of phenolic OH excluding ortho intramolecular Hbond substituents is 1. The van der Waals surface area contributed by atoms with Crippen LogP contribution in [0, 0.1) is 11.9 Å². The van der Waals surface area contributed by atoms with E-state index in [1.807, 2.05) is 44.4 Å². The number of halogens is 2. The van der Waals surface area contributed by atoms with Crippen LogP contribution in [0.2, 0.25) is 5.02 Å². The summed E-state index contributed by atoms with van der Waals surface area (Å²) in [5, 5.41) is 13.8. The normalized spacial score (nSPS) is 11.2. The molecule has 0 fully saturated rings. The molecule has 0 spiro atoms. The number of anilines is 2. The molecule has 6 heteroatoms. The highest BCUT2D eigenvalue weighted by molar-refractivity contribution is 6.32. The van der Waals surface area contributed by atoms with Crippen molar-refractivity contribution in [1.82, 2.24) is 9.88 Å². The highest BCUT2D eigenvalue weighted by atomic mass is 35.5. The van der Waals surface area contributed by atoms with Crippen molar-refractivity contribution in [2.24, 2.45) is 0 Å². The van der Waals surface area contributed by atoms with Crippen LogP contribution in [0.3, 0.4) is 0 Å². The summed E-state index contributed by atoms with van der Waals surface area (Å²) < 4.78 is 13.9.